The van der Waals surface area contributed by atoms with E-state index in [9.17, 15) is 18.0 Å². The monoisotopic (exact) mass is 354 g/mol. The first-order chi connectivity index (χ1) is 11.2. The molecule has 1 aromatic heterocycles. The van der Waals surface area contributed by atoms with Gasteiger partial charge in [-0.05, 0) is 12.1 Å². The Morgan fingerprint density at radius 3 is 2.21 bits per heavy atom. The van der Waals surface area contributed by atoms with E-state index in [2.05, 4.69) is 9.71 Å². The number of pyridine rings is 1. The van der Waals surface area contributed by atoms with Crippen molar-refractivity contribution in [2.24, 2.45) is 11.8 Å². The van der Waals surface area contributed by atoms with Crippen LogP contribution in [0.1, 0.15) is 10.5 Å². The van der Waals surface area contributed by atoms with Crippen molar-refractivity contribution in [1.82, 2.24) is 14.8 Å². The van der Waals surface area contributed by atoms with Crippen molar-refractivity contribution in [2.75, 3.05) is 37.2 Å². The van der Waals surface area contributed by atoms with E-state index in [1.165, 1.54) is 23.2 Å². The largest absolute Gasteiger partial charge is 0.465 e. The number of carbonyl (C=O) groups excluding carboxylic acids is 1. The molecule has 2 saturated heterocycles. The Kier molecular flexibility index (Phi) is 4.08. The lowest BCUT2D eigenvalue weighted by atomic mass is 10.0. The Labute approximate surface area is 139 Å². The number of aromatic nitrogens is 1. The molecule has 3 rings (SSSR count). The second-order valence-corrected chi connectivity index (χ2v) is 7.97. The number of sulfonamides is 1. The van der Waals surface area contributed by atoms with Crippen molar-refractivity contribution in [3.8, 4) is 0 Å². The summed E-state index contributed by atoms with van der Waals surface area (Å²) in [6.07, 6.45) is 1.42. The van der Waals surface area contributed by atoms with E-state index in [1.807, 2.05) is 0 Å². The van der Waals surface area contributed by atoms with Gasteiger partial charge in [-0.1, -0.05) is 0 Å². The average molecular weight is 354 g/mol. The van der Waals surface area contributed by atoms with Gasteiger partial charge in [-0.15, -0.1) is 0 Å². The van der Waals surface area contributed by atoms with Crippen molar-refractivity contribution in [2.45, 2.75) is 0 Å². The number of amides is 2. The average Bonchev–Trinajstić information content (AvgIpc) is 3.04. The molecule has 2 fully saturated rings. The van der Waals surface area contributed by atoms with Gasteiger partial charge in [-0.25, -0.2) is 18.2 Å². The van der Waals surface area contributed by atoms with Gasteiger partial charge in [0, 0.05) is 38.0 Å². The molecular formula is C14H18N4O5S. The number of carboxylic acid groups (broad SMARTS) is 1. The summed E-state index contributed by atoms with van der Waals surface area (Å²) in [7, 11) is -3.39. The van der Waals surface area contributed by atoms with Crippen molar-refractivity contribution >= 4 is 27.7 Å². The van der Waals surface area contributed by atoms with Gasteiger partial charge in [0.1, 0.15) is 5.69 Å². The number of hydrogen-bond donors (Lipinski definition) is 2. The van der Waals surface area contributed by atoms with E-state index in [0.29, 0.717) is 31.9 Å². The van der Waals surface area contributed by atoms with Gasteiger partial charge in [0.05, 0.1) is 18.1 Å². The third-order valence-electron chi connectivity index (χ3n) is 4.33. The Morgan fingerprint density at radius 2 is 1.75 bits per heavy atom. The van der Waals surface area contributed by atoms with Crippen LogP contribution in [0.3, 0.4) is 0 Å². The van der Waals surface area contributed by atoms with Crippen LogP contribution in [-0.4, -0.2) is 72.7 Å². The minimum absolute atomic E-state index is 0.163. The highest BCUT2D eigenvalue weighted by atomic mass is 32.2. The molecule has 2 atom stereocenters. The second-order valence-electron chi connectivity index (χ2n) is 6.22. The van der Waals surface area contributed by atoms with E-state index < -0.39 is 16.1 Å². The molecule has 0 bridgehead atoms. The van der Waals surface area contributed by atoms with Crippen LogP contribution in [0, 0.1) is 11.8 Å². The topological polar surface area (TPSA) is 120 Å². The summed E-state index contributed by atoms with van der Waals surface area (Å²) in [5.74, 6) is 0.102. The van der Waals surface area contributed by atoms with E-state index in [0.717, 1.165) is 6.26 Å². The Hall–Kier alpha value is -2.36. The number of rotatable bonds is 3. The van der Waals surface area contributed by atoms with E-state index >= 15 is 0 Å². The fourth-order valence-corrected chi connectivity index (χ4v) is 3.82. The molecule has 0 spiro atoms. The molecule has 2 unspecified atom stereocenters. The molecule has 1 aromatic rings. The van der Waals surface area contributed by atoms with Gasteiger partial charge in [0.25, 0.3) is 5.91 Å². The van der Waals surface area contributed by atoms with Gasteiger partial charge in [0.2, 0.25) is 10.0 Å². The van der Waals surface area contributed by atoms with Crippen molar-refractivity contribution in [1.29, 1.82) is 0 Å². The van der Waals surface area contributed by atoms with E-state index in [4.69, 9.17) is 5.11 Å². The van der Waals surface area contributed by atoms with Gasteiger partial charge in [0.15, 0.2) is 0 Å². The summed E-state index contributed by atoms with van der Waals surface area (Å²) in [4.78, 5) is 30.6. The summed E-state index contributed by atoms with van der Waals surface area (Å²) in [5, 5.41) is 9.01. The summed E-state index contributed by atoms with van der Waals surface area (Å²) < 4.78 is 24.6. The maximum absolute atomic E-state index is 12.5. The lowest BCUT2D eigenvalue weighted by Crippen LogP contribution is -2.35. The molecule has 2 N–H and O–H groups in total. The zero-order chi connectivity index (χ0) is 17.5. The Bertz CT molecular complexity index is 750. The maximum atomic E-state index is 12.5. The molecule has 3 heterocycles. The normalized spacial score (nSPS) is 23.2. The number of hydrogen-bond acceptors (Lipinski definition) is 5. The second kappa shape index (κ2) is 5.93. The van der Waals surface area contributed by atoms with Crippen LogP contribution >= 0.6 is 0 Å². The summed E-state index contributed by atoms with van der Waals surface area (Å²) in [5.41, 5.74) is 0.536. The van der Waals surface area contributed by atoms with Gasteiger partial charge >= 0.3 is 6.09 Å². The molecule has 24 heavy (non-hydrogen) atoms. The summed E-state index contributed by atoms with van der Waals surface area (Å²) in [6.45, 7) is 1.93. The van der Waals surface area contributed by atoms with Crippen molar-refractivity contribution < 1.29 is 23.1 Å². The number of anilines is 1. The smallest absolute Gasteiger partial charge is 0.407 e. The molecule has 10 heteroatoms. The van der Waals surface area contributed by atoms with Gasteiger partial charge < -0.3 is 14.9 Å². The standard InChI is InChI=1S/C14H18N4O5S/c1-24(22,23)16-11-2-3-12(15-4-11)13(19)17-5-9-7-18(14(20)21)8-10(9)6-17/h2-4,9-10,16H,5-8H2,1H3,(H,20,21). The van der Waals surface area contributed by atoms with Crippen LogP contribution in [0.15, 0.2) is 18.3 Å². The predicted molar refractivity (Wildman–Crippen MR) is 85.2 cm³/mol. The van der Waals surface area contributed by atoms with Crippen molar-refractivity contribution in [3.05, 3.63) is 24.0 Å². The minimum Gasteiger partial charge on any atom is -0.465 e. The number of likely N-dealkylation sites (tertiary alicyclic amines) is 2. The molecule has 2 aliphatic heterocycles. The fourth-order valence-electron chi connectivity index (χ4n) is 3.27. The first-order valence-electron chi connectivity index (χ1n) is 7.44. The lowest BCUT2D eigenvalue weighted by Gasteiger charge is -2.19. The first-order valence-corrected chi connectivity index (χ1v) is 9.33. The summed E-state index contributed by atoms with van der Waals surface area (Å²) in [6, 6.07) is 2.97. The molecule has 0 aromatic carbocycles. The lowest BCUT2D eigenvalue weighted by molar-refractivity contribution is 0.0768. The molecule has 2 aliphatic rings. The summed E-state index contributed by atoms with van der Waals surface area (Å²) >= 11 is 0. The molecule has 9 nitrogen and oxygen atoms in total. The Balaban J connectivity index is 1.63. The number of nitrogens with zero attached hydrogens (tertiary/aromatic N) is 3. The molecule has 130 valence electrons. The number of nitrogens with one attached hydrogen (secondary N) is 1. The van der Waals surface area contributed by atoms with Gasteiger partial charge in [-0.3, -0.25) is 9.52 Å². The Morgan fingerprint density at radius 1 is 1.17 bits per heavy atom. The first kappa shape index (κ1) is 16.5. The maximum Gasteiger partial charge on any atom is 0.407 e. The molecule has 0 saturated carbocycles. The van der Waals surface area contributed by atoms with Crippen molar-refractivity contribution in [3.63, 3.8) is 0 Å². The van der Waals surface area contributed by atoms with Gasteiger partial charge in [-0.2, -0.15) is 0 Å². The SMILES string of the molecule is CS(=O)(=O)Nc1ccc(C(=O)N2CC3CN(C(=O)O)CC3C2)nc1. The highest BCUT2D eigenvalue weighted by molar-refractivity contribution is 7.92. The third kappa shape index (κ3) is 3.42. The molecule has 2 amide bonds. The van der Waals surface area contributed by atoms with Crippen LogP contribution in [0.25, 0.3) is 0 Å². The molecule has 0 radical (unpaired) electrons. The third-order valence-corrected chi connectivity index (χ3v) is 4.94. The van der Waals surface area contributed by atoms with E-state index in [-0.39, 0.29) is 23.4 Å². The zero-order valence-corrected chi connectivity index (χ0v) is 13.9. The quantitative estimate of drug-likeness (QED) is 0.796. The highest BCUT2D eigenvalue weighted by Gasteiger charge is 2.43. The van der Waals surface area contributed by atoms with Crippen LogP contribution in [0.5, 0.6) is 0 Å². The van der Waals surface area contributed by atoms with Crippen LogP contribution in [-0.2, 0) is 10.0 Å². The molecular weight excluding hydrogens is 336 g/mol. The fraction of sp³-hybridized carbons (Fsp3) is 0.500. The van der Waals surface area contributed by atoms with Crippen LogP contribution in [0.2, 0.25) is 0 Å². The number of fused-ring (bicyclic) bond motifs is 1. The van der Waals surface area contributed by atoms with Crippen LogP contribution < -0.4 is 4.72 Å². The van der Waals surface area contributed by atoms with Crippen LogP contribution in [0.4, 0.5) is 10.5 Å². The minimum atomic E-state index is -3.39. The molecule has 0 aliphatic carbocycles. The highest BCUT2D eigenvalue weighted by Crippen LogP contribution is 2.31. The zero-order valence-electron chi connectivity index (χ0n) is 13.0. The number of carbonyl (C=O) groups is 2. The predicted octanol–water partition coefficient (Wildman–Crippen LogP) is 0.135. The van der Waals surface area contributed by atoms with E-state index in [1.54, 1.807) is 4.90 Å².